The average molecular weight is 406 g/mol. The maximum Gasteiger partial charge on any atom is 0.353 e. The fraction of sp³-hybridized carbons (Fsp3) is 0.714. The number of aliphatic hydroxyl groups excluding tert-OH is 1. The molecule has 1 amide bonds. The molecule has 10 nitrogen and oxygen atoms in total. The van der Waals surface area contributed by atoms with Crippen molar-refractivity contribution in [1.82, 2.24) is 14.5 Å². The molecule has 12 heteroatoms. The van der Waals surface area contributed by atoms with Gasteiger partial charge in [-0.2, -0.15) is 12.7 Å². The van der Waals surface area contributed by atoms with Gasteiger partial charge in [-0.3, -0.25) is 4.79 Å². The van der Waals surface area contributed by atoms with Crippen LogP contribution in [0.3, 0.4) is 0 Å². The fourth-order valence-electron chi connectivity index (χ4n) is 3.84. The van der Waals surface area contributed by atoms with Crippen LogP contribution in [0, 0.1) is 11.8 Å². The molecule has 0 spiro atoms. The zero-order valence-corrected chi connectivity index (χ0v) is 16.0. The number of β-lactam (4-membered cyclic amide) rings is 1. The van der Waals surface area contributed by atoms with Crippen molar-refractivity contribution in [2.45, 2.75) is 31.2 Å². The highest BCUT2D eigenvalue weighted by Gasteiger charge is 2.60. The summed E-state index contributed by atoms with van der Waals surface area (Å²) in [6, 6.07) is -0.387. The zero-order chi connectivity index (χ0) is 19.4. The Labute approximate surface area is 155 Å². The van der Waals surface area contributed by atoms with Gasteiger partial charge in [0.05, 0.1) is 24.7 Å². The molecule has 3 aliphatic rings. The quantitative estimate of drug-likeness (QED) is 0.394. The Hall–Kier alpha value is -1.18. The van der Waals surface area contributed by atoms with Gasteiger partial charge >= 0.3 is 5.97 Å². The Bertz CT molecular complexity index is 767. The minimum atomic E-state index is -3.85. The molecule has 3 aliphatic heterocycles. The third kappa shape index (κ3) is 3.14. The molecule has 0 aromatic heterocycles. The summed E-state index contributed by atoms with van der Waals surface area (Å²) in [5.74, 6) is -2.47. The number of carboxylic acids is 1. The summed E-state index contributed by atoms with van der Waals surface area (Å²) < 4.78 is 24.2. The van der Waals surface area contributed by atoms with E-state index in [4.69, 9.17) is 5.14 Å². The molecule has 0 aliphatic carbocycles. The number of nitrogens with one attached hydrogen (secondary N) is 1. The molecule has 3 rings (SSSR count). The molecular weight excluding hydrogens is 384 g/mol. The first-order valence-corrected chi connectivity index (χ1v) is 10.6. The van der Waals surface area contributed by atoms with Gasteiger partial charge in [-0.15, -0.1) is 11.8 Å². The van der Waals surface area contributed by atoms with E-state index in [0.29, 0.717) is 11.4 Å². The number of nitrogens with zero attached hydrogens (tertiary/aromatic N) is 2. The maximum absolute atomic E-state index is 12.3. The Morgan fingerprint density at radius 2 is 2.12 bits per heavy atom. The second kappa shape index (κ2) is 6.77. The monoisotopic (exact) mass is 406 g/mol. The summed E-state index contributed by atoms with van der Waals surface area (Å²) in [5, 5.41) is 27.3. The molecule has 2 fully saturated rings. The third-order valence-electron chi connectivity index (χ3n) is 5.03. The lowest BCUT2D eigenvalue weighted by Gasteiger charge is -2.46. The molecule has 5 N–H and O–H groups in total. The standard InChI is InChI=1S/C14H22N4O6S2/c1-6-10-9(7(2)19)13(20)18(10)11(14(21)22)12(6)25-8-3-16-5-17(4-8)26(15,23)24/h6-10,16,19H,3-5H2,1-2H3,(H,21,22)(H2,15,23,24)/t6-,7-,8?,9?,10?/m1/s1. The molecule has 26 heavy (non-hydrogen) atoms. The average Bonchev–Trinajstić information content (AvgIpc) is 2.76. The van der Waals surface area contributed by atoms with Crippen LogP contribution in [-0.2, 0) is 19.8 Å². The van der Waals surface area contributed by atoms with Gasteiger partial charge in [0, 0.05) is 29.2 Å². The molecule has 0 bridgehead atoms. The van der Waals surface area contributed by atoms with Crippen molar-refractivity contribution in [3.05, 3.63) is 10.6 Å². The van der Waals surface area contributed by atoms with Crippen molar-refractivity contribution in [3.8, 4) is 0 Å². The van der Waals surface area contributed by atoms with Crippen molar-refractivity contribution in [2.24, 2.45) is 17.0 Å². The SMILES string of the molecule is C[C@@H](O)C1C(=O)N2C(C(=O)O)=C(SC3CNCN(S(N)(=O)=O)C3)[C@H](C)C12. The van der Waals surface area contributed by atoms with Crippen LogP contribution < -0.4 is 10.5 Å². The van der Waals surface area contributed by atoms with Gasteiger partial charge in [-0.1, -0.05) is 6.92 Å². The number of aliphatic carboxylic acids is 1. The van der Waals surface area contributed by atoms with Gasteiger partial charge in [0.25, 0.3) is 10.2 Å². The summed E-state index contributed by atoms with van der Waals surface area (Å²) in [4.78, 5) is 25.9. The van der Waals surface area contributed by atoms with Crippen molar-refractivity contribution < 1.29 is 28.2 Å². The third-order valence-corrected chi connectivity index (χ3v) is 7.50. The van der Waals surface area contributed by atoms with E-state index in [9.17, 15) is 28.2 Å². The largest absolute Gasteiger partial charge is 0.477 e. The van der Waals surface area contributed by atoms with Crippen molar-refractivity contribution in [1.29, 1.82) is 0 Å². The highest BCUT2D eigenvalue weighted by molar-refractivity contribution is 8.03. The van der Waals surface area contributed by atoms with E-state index in [2.05, 4.69) is 5.32 Å². The van der Waals surface area contributed by atoms with E-state index in [1.807, 2.05) is 6.92 Å². The van der Waals surface area contributed by atoms with Crippen molar-refractivity contribution in [3.63, 3.8) is 0 Å². The Morgan fingerprint density at radius 3 is 2.65 bits per heavy atom. The van der Waals surface area contributed by atoms with Crippen molar-refractivity contribution in [2.75, 3.05) is 19.8 Å². The normalized spacial score (nSPS) is 33.8. The van der Waals surface area contributed by atoms with E-state index in [1.54, 1.807) is 0 Å². The summed E-state index contributed by atoms with van der Waals surface area (Å²) in [6.07, 6.45) is -0.861. The lowest BCUT2D eigenvalue weighted by atomic mass is 9.79. The highest BCUT2D eigenvalue weighted by atomic mass is 32.2. The fourth-order valence-corrected chi connectivity index (χ4v) is 6.06. The van der Waals surface area contributed by atoms with Gasteiger partial charge in [0.15, 0.2) is 0 Å². The number of aliphatic hydroxyl groups is 1. The number of thioether (sulfide) groups is 1. The molecule has 3 unspecified atom stereocenters. The van der Waals surface area contributed by atoms with Crippen LogP contribution in [0.2, 0.25) is 0 Å². The number of carbonyl (C=O) groups is 2. The zero-order valence-electron chi connectivity index (χ0n) is 14.3. The maximum atomic E-state index is 12.3. The number of fused-ring (bicyclic) bond motifs is 1. The van der Waals surface area contributed by atoms with E-state index < -0.39 is 34.1 Å². The minimum Gasteiger partial charge on any atom is -0.477 e. The molecule has 0 aromatic rings. The first-order valence-electron chi connectivity index (χ1n) is 8.18. The number of carboxylic acid groups (broad SMARTS) is 1. The number of carbonyl (C=O) groups excluding carboxylic acids is 1. The Kier molecular flexibility index (Phi) is 5.09. The lowest BCUT2D eigenvalue weighted by molar-refractivity contribution is -0.163. The minimum absolute atomic E-state index is 0.0675. The summed E-state index contributed by atoms with van der Waals surface area (Å²) in [7, 11) is -3.85. The van der Waals surface area contributed by atoms with Crippen molar-refractivity contribution >= 4 is 33.8 Å². The van der Waals surface area contributed by atoms with E-state index in [1.165, 1.54) is 23.6 Å². The van der Waals surface area contributed by atoms with Crippen LogP contribution in [-0.4, -0.2) is 76.9 Å². The second-order valence-electron chi connectivity index (χ2n) is 6.80. The second-order valence-corrected chi connectivity index (χ2v) is 9.69. The summed E-state index contributed by atoms with van der Waals surface area (Å²) in [6.45, 7) is 4.09. The van der Waals surface area contributed by atoms with Crippen LogP contribution in [0.5, 0.6) is 0 Å². The molecule has 0 saturated carbocycles. The molecule has 146 valence electrons. The van der Waals surface area contributed by atoms with Crippen LogP contribution in [0.15, 0.2) is 10.6 Å². The van der Waals surface area contributed by atoms with Crippen LogP contribution in [0.1, 0.15) is 13.8 Å². The molecular formula is C14H22N4O6S2. The van der Waals surface area contributed by atoms with Crippen LogP contribution >= 0.6 is 11.8 Å². The van der Waals surface area contributed by atoms with Gasteiger partial charge in [-0.25, -0.2) is 9.93 Å². The number of nitrogens with two attached hydrogens (primary N) is 1. The predicted octanol–water partition coefficient (Wildman–Crippen LogP) is -1.69. The van der Waals surface area contributed by atoms with Gasteiger partial charge in [-0.05, 0) is 6.92 Å². The van der Waals surface area contributed by atoms with E-state index in [0.717, 1.165) is 4.31 Å². The van der Waals surface area contributed by atoms with Crippen LogP contribution in [0.4, 0.5) is 0 Å². The summed E-state index contributed by atoms with van der Waals surface area (Å²) >= 11 is 1.25. The van der Waals surface area contributed by atoms with Gasteiger partial charge in [0.2, 0.25) is 5.91 Å². The number of hydrogen-bond donors (Lipinski definition) is 4. The first-order chi connectivity index (χ1) is 12.0. The Morgan fingerprint density at radius 1 is 1.46 bits per heavy atom. The molecule has 0 radical (unpaired) electrons. The van der Waals surface area contributed by atoms with E-state index >= 15 is 0 Å². The number of hydrogen-bond acceptors (Lipinski definition) is 7. The first kappa shape index (κ1) is 19.6. The summed E-state index contributed by atoms with van der Waals surface area (Å²) in [5.41, 5.74) is -0.0675. The van der Waals surface area contributed by atoms with Gasteiger partial charge < -0.3 is 20.4 Å². The molecule has 0 aromatic carbocycles. The topological polar surface area (TPSA) is 153 Å². The molecule has 3 heterocycles. The van der Waals surface area contributed by atoms with Gasteiger partial charge in [0.1, 0.15) is 5.70 Å². The van der Waals surface area contributed by atoms with Crippen LogP contribution in [0.25, 0.3) is 0 Å². The molecule has 2 saturated heterocycles. The van der Waals surface area contributed by atoms with E-state index in [-0.39, 0.29) is 36.1 Å². The predicted molar refractivity (Wildman–Crippen MR) is 93.7 cm³/mol. The number of rotatable bonds is 5. The lowest BCUT2D eigenvalue weighted by Crippen LogP contribution is -2.63. The number of amides is 1. The Balaban J connectivity index is 1.84. The smallest absolute Gasteiger partial charge is 0.353 e. The highest BCUT2D eigenvalue weighted by Crippen LogP contribution is 2.51. The molecule has 5 atom stereocenters.